The molecule has 9 heteroatoms. The number of piperidine rings is 1. The minimum Gasteiger partial charge on any atom is -0.308 e. The Morgan fingerprint density at radius 3 is 2.94 bits per heavy atom. The molecule has 1 saturated heterocycles. The molecule has 1 aromatic heterocycles. The van der Waals surface area contributed by atoms with Crippen molar-refractivity contribution in [2.75, 3.05) is 11.9 Å². The summed E-state index contributed by atoms with van der Waals surface area (Å²) in [5.74, 6) is 6.43. The number of benzene rings is 1. The van der Waals surface area contributed by atoms with Crippen LogP contribution in [-0.4, -0.2) is 40.1 Å². The van der Waals surface area contributed by atoms with Gasteiger partial charge in [0.2, 0.25) is 5.70 Å². The maximum Gasteiger partial charge on any atom is 0.265 e. The van der Waals surface area contributed by atoms with Gasteiger partial charge in [-0.15, -0.1) is 4.59 Å². The molecule has 0 radical (unpaired) electrons. The fraction of sp³-hybridized carbons (Fsp3) is 0.308. The number of rotatable bonds is 6. The minimum atomic E-state index is -0.653. The third kappa shape index (κ3) is 4.45. The van der Waals surface area contributed by atoms with E-state index in [0.29, 0.717) is 17.2 Å². The summed E-state index contributed by atoms with van der Waals surface area (Å²) in [5, 5.41) is 6.20. The zero-order chi connectivity index (χ0) is 24.4. The summed E-state index contributed by atoms with van der Waals surface area (Å²) in [4.78, 5) is 26.1. The molecule has 0 bridgehead atoms. The van der Waals surface area contributed by atoms with Crippen molar-refractivity contribution in [2.45, 2.75) is 45.1 Å². The Hall–Kier alpha value is -3.53. The van der Waals surface area contributed by atoms with Crippen molar-refractivity contribution in [3.8, 4) is 0 Å². The average Bonchev–Trinajstić information content (AvgIpc) is 3.18. The van der Waals surface area contributed by atoms with Crippen molar-refractivity contribution >= 4 is 23.8 Å². The molecule has 2 aromatic rings. The maximum absolute atomic E-state index is 15.2. The van der Waals surface area contributed by atoms with E-state index in [1.54, 1.807) is 30.9 Å². The Bertz CT molecular complexity index is 1280. The summed E-state index contributed by atoms with van der Waals surface area (Å²) < 4.78 is 15.0. The number of carbonyl (C=O) groups excluding carboxylic acids is 1. The van der Waals surface area contributed by atoms with E-state index < -0.39 is 11.7 Å². The number of nitrogens with zero attached hydrogens (tertiary/aromatic N) is 4. The lowest BCUT2D eigenvalue weighted by atomic mass is 10.0. The molecule has 0 saturated carbocycles. The first-order chi connectivity index (χ1) is 17.0. The summed E-state index contributed by atoms with van der Waals surface area (Å²) in [6, 6.07) is 8.24. The molecule has 3 aliphatic heterocycles. The second-order valence-corrected chi connectivity index (χ2v) is 9.01. The first-order valence-electron chi connectivity index (χ1n) is 12.0. The summed E-state index contributed by atoms with van der Waals surface area (Å²) in [5.41, 5.74) is 3.09. The zero-order valence-electron chi connectivity index (χ0n) is 19.7. The van der Waals surface area contributed by atoms with Crippen LogP contribution in [0.4, 0.5) is 10.2 Å². The Morgan fingerprint density at radius 1 is 1.29 bits per heavy atom. The van der Waals surface area contributed by atoms with Crippen LogP contribution < -0.4 is 16.5 Å². The topological polar surface area (TPSA) is 105 Å². The number of nitrogens with two attached hydrogens (primary N) is 1. The van der Waals surface area contributed by atoms with Gasteiger partial charge in [0.1, 0.15) is 23.5 Å². The van der Waals surface area contributed by atoms with Crippen LogP contribution in [0.3, 0.4) is 0 Å². The van der Waals surface area contributed by atoms with Crippen LogP contribution in [-0.2, 0) is 6.42 Å². The van der Waals surface area contributed by atoms with E-state index in [9.17, 15) is 4.79 Å². The largest absolute Gasteiger partial charge is 0.308 e. The predicted octanol–water partition coefficient (Wildman–Crippen LogP) is 3.79. The van der Waals surface area contributed by atoms with E-state index in [1.807, 2.05) is 12.1 Å². The molecule has 2 unspecified atom stereocenters. The van der Waals surface area contributed by atoms with Crippen molar-refractivity contribution in [3.63, 3.8) is 0 Å². The molecule has 8 nitrogen and oxygen atoms in total. The number of aliphatic imine (C=N–C) groups is 2. The van der Waals surface area contributed by atoms with Gasteiger partial charge in [-0.3, -0.25) is 9.79 Å². The van der Waals surface area contributed by atoms with Gasteiger partial charge < -0.3 is 10.6 Å². The molecule has 4 heterocycles. The Balaban J connectivity index is 1.42. The number of allylic oxidation sites excluding steroid dienone is 1. The number of hydrogen-bond donors (Lipinski definition) is 3. The van der Waals surface area contributed by atoms with E-state index in [4.69, 9.17) is 10.8 Å². The third-order valence-electron chi connectivity index (χ3n) is 6.54. The number of carbonyl (C=O) groups is 1. The summed E-state index contributed by atoms with van der Waals surface area (Å²) in [6.07, 6.45) is 11.8. The molecule has 4 N–H and O–H groups in total. The number of aromatic nitrogens is 1. The molecule has 5 rings (SSSR count). The number of fused-ring (bicyclic) bond motifs is 1. The van der Waals surface area contributed by atoms with E-state index in [1.165, 1.54) is 12.1 Å². The van der Waals surface area contributed by atoms with Gasteiger partial charge in [0.15, 0.2) is 0 Å². The molecule has 1 fully saturated rings. The lowest BCUT2D eigenvalue weighted by molar-refractivity contribution is -0.750. The van der Waals surface area contributed by atoms with E-state index >= 15 is 4.39 Å². The van der Waals surface area contributed by atoms with Gasteiger partial charge in [-0.25, -0.2) is 9.37 Å². The molecule has 180 valence electrons. The minimum absolute atomic E-state index is 0.0705. The van der Waals surface area contributed by atoms with E-state index in [2.05, 4.69) is 27.5 Å². The number of quaternary nitrogens is 1. The molecular weight excluding hydrogens is 445 g/mol. The second kappa shape index (κ2) is 9.61. The van der Waals surface area contributed by atoms with Crippen LogP contribution in [0, 0.1) is 5.82 Å². The highest BCUT2D eigenvalue weighted by Crippen LogP contribution is 2.34. The third-order valence-corrected chi connectivity index (χ3v) is 6.54. The van der Waals surface area contributed by atoms with Crippen LogP contribution in [0.25, 0.3) is 0 Å². The van der Waals surface area contributed by atoms with Crippen LogP contribution in [0.2, 0.25) is 0 Å². The number of amides is 1. The fourth-order valence-electron chi connectivity index (χ4n) is 4.76. The van der Waals surface area contributed by atoms with Gasteiger partial charge in [-0.2, -0.15) is 10.8 Å². The highest BCUT2D eigenvalue weighted by atomic mass is 19.1. The van der Waals surface area contributed by atoms with Crippen molar-refractivity contribution in [1.82, 2.24) is 10.3 Å². The second-order valence-electron chi connectivity index (χ2n) is 9.01. The average molecular weight is 475 g/mol. The Morgan fingerprint density at radius 2 is 2.17 bits per heavy atom. The van der Waals surface area contributed by atoms with Gasteiger partial charge in [0.05, 0.1) is 29.6 Å². The van der Waals surface area contributed by atoms with E-state index in [0.717, 1.165) is 55.6 Å². The summed E-state index contributed by atoms with van der Waals surface area (Å²) >= 11 is 0. The molecule has 0 aliphatic carbocycles. The molecule has 3 aliphatic rings. The maximum atomic E-state index is 15.2. The van der Waals surface area contributed by atoms with Gasteiger partial charge in [0.25, 0.3) is 11.7 Å². The van der Waals surface area contributed by atoms with Crippen molar-refractivity contribution in [2.24, 2.45) is 15.8 Å². The van der Waals surface area contributed by atoms with Gasteiger partial charge in [-0.1, -0.05) is 19.8 Å². The number of aryl methyl sites for hydroxylation is 1. The van der Waals surface area contributed by atoms with Gasteiger partial charge in [-0.05, 0) is 61.7 Å². The first kappa shape index (κ1) is 23.2. The quantitative estimate of drug-likeness (QED) is 0.438. The van der Waals surface area contributed by atoms with Crippen LogP contribution >= 0.6 is 0 Å². The smallest absolute Gasteiger partial charge is 0.265 e. The Labute approximate surface area is 203 Å². The first-order valence-corrected chi connectivity index (χ1v) is 12.0. The van der Waals surface area contributed by atoms with Crippen molar-refractivity contribution < 1.29 is 13.8 Å². The fourth-order valence-corrected chi connectivity index (χ4v) is 4.76. The zero-order valence-corrected chi connectivity index (χ0v) is 19.7. The lowest BCUT2D eigenvalue weighted by Gasteiger charge is -2.27. The van der Waals surface area contributed by atoms with Crippen molar-refractivity contribution in [3.05, 3.63) is 82.8 Å². The number of nitrogens with one attached hydrogen (secondary N) is 2. The van der Waals surface area contributed by atoms with Gasteiger partial charge >= 0.3 is 0 Å². The SMILES string of the molecule is CCCc1ccnc(NC(=O)c2ccc(C3=NC(C4CCCCN4)=C4C=NC=C[N+]34N)cc2F)c1. The van der Waals surface area contributed by atoms with Crippen LogP contribution in [0.15, 0.2) is 70.3 Å². The van der Waals surface area contributed by atoms with Crippen molar-refractivity contribution in [1.29, 1.82) is 0 Å². The standard InChI is InChI=1S/C26H28FN7O/c1-2-5-17-9-11-31-23(14-17)32-26(35)19-8-7-18(15-20(19)27)25-33-24(21-6-3-4-10-30-21)22-16-29-12-13-34(22,25)28/h7-9,11-16,21,30H,2-6,10,28H2,1H3/p+1. The summed E-state index contributed by atoms with van der Waals surface area (Å²) in [6.45, 7) is 3.00. The molecule has 1 amide bonds. The number of halogens is 1. The molecular formula is C26H29FN7O+. The lowest BCUT2D eigenvalue weighted by Crippen LogP contribution is -2.53. The molecule has 1 aromatic carbocycles. The number of pyridine rings is 1. The predicted molar refractivity (Wildman–Crippen MR) is 134 cm³/mol. The molecule has 0 spiro atoms. The summed E-state index contributed by atoms with van der Waals surface area (Å²) in [7, 11) is 0. The van der Waals surface area contributed by atoms with E-state index in [-0.39, 0.29) is 16.2 Å². The highest BCUT2D eigenvalue weighted by molar-refractivity contribution is 6.05. The normalized spacial score (nSPS) is 23.3. The monoisotopic (exact) mass is 474 g/mol. The molecule has 35 heavy (non-hydrogen) atoms. The number of hydrogen-bond acceptors (Lipinski definition) is 6. The number of amidine groups is 1. The highest BCUT2D eigenvalue weighted by Gasteiger charge is 2.46. The van der Waals surface area contributed by atoms with Crippen LogP contribution in [0.1, 0.15) is 54.1 Å². The van der Waals surface area contributed by atoms with Crippen LogP contribution in [0.5, 0.6) is 0 Å². The van der Waals surface area contributed by atoms with Gasteiger partial charge in [0, 0.05) is 6.20 Å². The molecule has 2 atom stereocenters. The Kier molecular flexibility index (Phi) is 6.38. The number of anilines is 1.